The number of nitrogens with one attached hydrogen (secondary N) is 1. The minimum absolute atomic E-state index is 0.0665. The fourth-order valence-corrected chi connectivity index (χ4v) is 9.16. The Kier molecular flexibility index (Phi) is 14.2. The number of carbonyl (C=O) groups excluding carboxylic acids is 5. The Labute approximate surface area is 341 Å². The highest BCUT2D eigenvalue weighted by Gasteiger charge is 2.57. The summed E-state index contributed by atoms with van der Waals surface area (Å²) >= 11 is 0. The van der Waals surface area contributed by atoms with E-state index in [0.29, 0.717) is 6.42 Å². The van der Waals surface area contributed by atoms with Crippen LogP contribution >= 0.6 is 0 Å². The Bertz CT molecular complexity index is 1870. The fraction of sp³-hybridized carbons (Fsp3) is 0.636. The highest BCUT2D eigenvalue weighted by Crippen LogP contribution is 2.45. The molecule has 0 saturated carbocycles. The molecule has 0 aliphatic carbocycles. The molecule has 4 heterocycles. The smallest absolute Gasteiger partial charge is 0.408 e. The molecule has 0 spiro atoms. The molecule has 1 aromatic carbocycles. The number of likely N-dealkylation sites (N-methyl/N-ethyl adjacent to an activating group) is 1. The number of aromatic nitrogens is 1. The number of carbonyl (C=O) groups is 5. The van der Waals surface area contributed by atoms with Gasteiger partial charge in [-0.05, 0) is 78.7 Å². The van der Waals surface area contributed by atoms with E-state index in [9.17, 15) is 29.1 Å². The summed E-state index contributed by atoms with van der Waals surface area (Å²) in [5.41, 5.74) is -1.34. The number of aliphatic hydroxyl groups excluding tert-OH is 1. The van der Waals surface area contributed by atoms with Crippen molar-refractivity contribution in [2.24, 2.45) is 29.6 Å². The number of cyclic esters (lactones) is 1. The molecule has 3 aliphatic rings. The molecule has 1 amide bonds. The molecule has 3 saturated heterocycles. The molecule has 318 valence electrons. The summed E-state index contributed by atoms with van der Waals surface area (Å²) in [4.78, 5) is 75.6. The molecule has 0 unspecified atom stereocenters. The lowest BCUT2D eigenvalue weighted by Crippen LogP contribution is -2.60. The van der Waals surface area contributed by atoms with E-state index >= 15 is 0 Å². The molecule has 0 radical (unpaired) electrons. The Morgan fingerprint density at radius 2 is 1.78 bits per heavy atom. The van der Waals surface area contributed by atoms with Crippen LogP contribution in [0.25, 0.3) is 17.0 Å². The van der Waals surface area contributed by atoms with Gasteiger partial charge in [-0.1, -0.05) is 58.0 Å². The molecule has 0 bridgehead atoms. The van der Waals surface area contributed by atoms with Crippen molar-refractivity contribution in [3.05, 3.63) is 48.2 Å². The third kappa shape index (κ3) is 9.62. The normalized spacial score (nSPS) is 36.7. The molecule has 58 heavy (non-hydrogen) atoms. The largest absolute Gasteiger partial charge is 0.458 e. The van der Waals surface area contributed by atoms with Gasteiger partial charge in [0.1, 0.15) is 41.2 Å². The summed E-state index contributed by atoms with van der Waals surface area (Å²) in [6.07, 6.45) is 0.0151. The van der Waals surface area contributed by atoms with Gasteiger partial charge < -0.3 is 39.0 Å². The molecule has 2 aromatic rings. The maximum absolute atomic E-state index is 14.5. The number of benzene rings is 1. The minimum atomic E-state index is -1.72. The maximum Gasteiger partial charge on any atom is 0.408 e. The van der Waals surface area contributed by atoms with E-state index in [1.165, 1.54) is 6.92 Å². The first kappa shape index (κ1) is 44.9. The number of ether oxygens (including phenoxy) is 5. The third-order valence-electron chi connectivity index (χ3n) is 12.4. The number of nitrogens with zero attached hydrogens (tertiary/aromatic N) is 2. The monoisotopic (exact) mass is 807 g/mol. The number of ketones is 2. The molecule has 13 atom stereocenters. The van der Waals surface area contributed by atoms with Crippen LogP contribution in [-0.4, -0.2) is 113 Å². The fourth-order valence-electron chi connectivity index (χ4n) is 9.16. The molecule has 1 aromatic heterocycles. The van der Waals surface area contributed by atoms with Crippen molar-refractivity contribution in [3.63, 3.8) is 0 Å². The van der Waals surface area contributed by atoms with E-state index < -0.39 is 89.2 Å². The second-order valence-corrected chi connectivity index (χ2v) is 17.1. The van der Waals surface area contributed by atoms with Gasteiger partial charge in [0.2, 0.25) is 0 Å². The summed E-state index contributed by atoms with van der Waals surface area (Å²) in [6, 6.07) is 9.29. The zero-order valence-electron chi connectivity index (χ0n) is 35.4. The second-order valence-electron chi connectivity index (χ2n) is 17.1. The molecule has 5 rings (SSSR count). The van der Waals surface area contributed by atoms with Gasteiger partial charge in [-0.3, -0.25) is 24.2 Å². The van der Waals surface area contributed by atoms with Crippen molar-refractivity contribution in [3.8, 4) is 0 Å². The van der Waals surface area contributed by atoms with Gasteiger partial charge in [0, 0.05) is 47.8 Å². The van der Waals surface area contributed by atoms with Crippen molar-refractivity contribution in [2.75, 3.05) is 20.6 Å². The summed E-state index contributed by atoms with van der Waals surface area (Å²) in [5.74, 6) is -6.81. The number of hydrogen-bond acceptors (Lipinski definition) is 13. The number of hydrogen-bond donors (Lipinski definition) is 2. The van der Waals surface area contributed by atoms with E-state index in [0.717, 1.165) is 16.5 Å². The van der Waals surface area contributed by atoms with Gasteiger partial charge in [-0.25, -0.2) is 4.79 Å². The topological polar surface area (TPSA) is 180 Å². The van der Waals surface area contributed by atoms with Crippen LogP contribution in [0, 0.1) is 29.6 Å². The lowest BCUT2D eigenvalue weighted by molar-refractivity contribution is -0.292. The number of rotatable bonds is 8. The SMILES string of the molecule is CC[C@H]1OC(=O)[C@H](C)C(=O)[C@H](C)[C@@H](O[C@@H]2O[C@H](C)C[C@H](N(C)C)[C@H]2O)[C@](C)(OC(=O)NC/C=C/c2ccc3cccnc3c2)C[C@@H](C)C(=O)[C@H](C)[C@H]2CC(=O)O[C@@]21C. The predicted molar refractivity (Wildman–Crippen MR) is 215 cm³/mol. The van der Waals surface area contributed by atoms with Crippen molar-refractivity contribution in [1.29, 1.82) is 0 Å². The van der Waals surface area contributed by atoms with E-state index in [-0.39, 0.29) is 43.7 Å². The predicted octanol–water partition coefficient (Wildman–Crippen LogP) is 5.27. The van der Waals surface area contributed by atoms with Crippen LogP contribution in [0.3, 0.4) is 0 Å². The number of esters is 2. The van der Waals surface area contributed by atoms with Gasteiger partial charge in [-0.15, -0.1) is 0 Å². The van der Waals surface area contributed by atoms with Crippen LogP contribution in [0.4, 0.5) is 4.79 Å². The van der Waals surface area contributed by atoms with Crippen molar-refractivity contribution < 1.29 is 52.8 Å². The zero-order chi connectivity index (χ0) is 42.7. The number of Topliss-reactive ketones (excluding diaryl/α,β-unsaturated/α-hetero) is 2. The first-order valence-electron chi connectivity index (χ1n) is 20.4. The first-order chi connectivity index (χ1) is 27.3. The quantitative estimate of drug-likeness (QED) is 0.200. The Morgan fingerprint density at radius 1 is 1.05 bits per heavy atom. The first-order valence-corrected chi connectivity index (χ1v) is 20.4. The summed E-state index contributed by atoms with van der Waals surface area (Å²) in [5, 5.41) is 15.3. The Morgan fingerprint density at radius 3 is 2.47 bits per heavy atom. The number of fused-ring (bicyclic) bond motifs is 2. The van der Waals surface area contributed by atoms with E-state index in [2.05, 4.69) is 10.3 Å². The number of aliphatic hydroxyl groups is 1. The van der Waals surface area contributed by atoms with Crippen LogP contribution in [0.1, 0.15) is 86.6 Å². The molecule has 3 aliphatic heterocycles. The standard InChI is InChI=1S/C44H61N3O11/c1-11-34-44(8)31(22-35(48)57-44)26(4)36(49)24(2)23-43(7,58-42(53)46-19-12-14-29-16-17-30-15-13-18-45-32(30)21-29)39(27(5)37(50)28(6)40(52)55-34)56-41-38(51)33(47(9)10)20-25(3)54-41/h12-18,21,24-28,31,33-34,38-39,41,51H,11,19-20,22-23H2,1-10H3,(H,46,53)/b14-12+/t24-,25-,26-,27+,28-,31-,33+,34-,38-,39-,41+,43-,44+/m1/s1. The third-order valence-corrected chi connectivity index (χ3v) is 12.4. The minimum Gasteiger partial charge on any atom is -0.458 e. The van der Waals surface area contributed by atoms with Gasteiger partial charge in [0.15, 0.2) is 12.1 Å². The maximum atomic E-state index is 14.5. The van der Waals surface area contributed by atoms with Gasteiger partial charge in [0.25, 0.3) is 0 Å². The number of amides is 1. The van der Waals surface area contributed by atoms with Crippen LogP contribution in [-0.2, 0) is 42.9 Å². The summed E-state index contributed by atoms with van der Waals surface area (Å²) in [7, 11) is 3.66. The van der Waals surface area contributed by atoms with Crippen LogP contribution in [0.15, 0.2) is 42.6 Å². The lowest BCUT2D eigenvalue weighted by atomic mass is 9.70. The van der Waals surface area contributed by atoms with E-state index in [1.54, 1.807) is 53.8 Å². The van der Waals surface area contributed by atoms with Crippen LogP contribution in [0.5, 0.6) is 0 Å². The molecule has 14 nitrogen and oxygen atoms in total. The molecular weight excluding hydrogens is 746 g/mol. The lowest BCUT2D eigenvalue weighted by Gasteiger charge is -2.47. The van der Waals surface area contributed by atoms with E-state index in [4.69, 9.17) is 23.7 Å². The Balaban J connectivity index is 1.51. The highest BCUT2D eigenvalue weighted by atomic mass is 16.7. The van der Waals surface area contributed by atoms with Crippen LogP contribution in [0.2, 0.25) is 0 Å². The highest BCUT2D eigenvalue weighted by molar-refractivity contribution is 6.00. The Hall–Kier alpha value is -4.24. The van der Waals surface area contributed by atoms with Crippen molar-refractivity contribution in [2.45, 2.75) is 129 Å². The van der Waals surface area contributed by atoms with Crippen molar-refractivity contribution in [1.82, 2.24) is 15.2 Å². The summed E-state index contributed by atoms with van der Waals surface area (Å²) < 4.78 is 30.9. The van der Waals surface area contributed by atoms with Gasteiger partial charge in [0.05, 0.1) is 18.0 Å². The van der Waals surface area contributed by atoms with Crippen LogP contribution < -0.4 is 5.32 Å². The average molecular weight is 808 g/mol. The molecule has 2 N–H and O–H groups in total. The van der Waals surface area contributed by atoms with Gasteiger partial charge >= 0.3 is 18.0 Å². The molecule has 14 heteroatoms. The van der Waals surface area contributed by atoms with Crippen molar-refractivity contribution >= 4 is 46.6 Å². The second kappa shape index (κ2) is 18.4. The zero-order valence-corrected chi connectivity index (χ0v) is 35.4. The van der Waals surface area contributed by atoms with E-state index in [1.807, 2.05) is 62.3 Å². The van der Waals surface area contributed by atoms with Gasteiger partial charge in [-0.2, -0.15) is 0 Å². The number of alkyl carbamates (subject to hydrolysis) is 1. The molecule has 3 fully saturated rings. The number of pyridine rings is 1. The molecular formula is C44H61N3O11. The average Bonchev–Trinajstić information content (AvgIpc) is 3.50. The summed E-state index contributed by atoms with van der Waals surface area (Å²) in [6.45, 7) is 13.4.